The monoisotopic (exact) mass is 383 g/mol. The maximum absolute atomic E-state index is 13.4. The van der Waals surface area contributed by atoms with Crippen LogP contribution in [0.25, 0.3) is 0 Å². The molecule has 28 heavy (non-hydrogen) atoms. The van der Waals surface area contributed by atoms with Gasteiger partial charge in [0.25, 0.3) is 11.5 Å². The number of fused-ring (bicyclic) bond motifs is 2. The number of aryl methyl sites for hydroxylation is 1. The molecule has 148 valence electrons. The summed E-state index contributed by atoms with van der Waals surface area (Å²) < 4.78 is 1.65. The molecule has 0 aromatic carbocycles. The average molecular weight is 383 g/mol. The molecule has 1 saturated heterocycles. The minimum atomic E-state index is -0.669. The lowest BCUT2D eigenvalue weighted by molar-refractivity contribution is 0.0761. The van der Waals surface area contributed by atoms with Crippen LogP contribution >= 0.6 is 0 Å². The molecular weight excluding hydrogens is 358 g/mol. The third-order valence-electron chi connectivity index (χ3n) is 5.89. The van der Waals surface area contributed by atoms with Crippen LogP contribution < -0.4 is 21.9 Å². The molecule has 1 amide bonds. The van der Waals surface area contributed by atoms with Crippen molar-refractivity contribution in [1.82, 2.24) is 24.8 Å². The zero-order chi connectivity index (χ0) is 20.1. The molecule has 0 saturated carbocycles. The molecule has 2 aliphatic heterocycles. The van der Waals surface area contributed by atoms with Gasteiger partial charge >= 0.3 is 0 Å². The van der Waals surface area contributed by atoms with Crippen molar-refractivity contribution in [3.8, 4) is 0 Å². The molecule has 2 aromatic rings. The van der Waals surface area contributed by atoms with Gasteiger partial charge in [-0.3, -0.25) is 14.2 Å². The Morgan fingerprint density at radius 1 is 1.25 bits per heavy atom. The molecule has 4 heterocycles. The number of nitrogens with one attached hydrogen (secondary N) is 2. The Kier molecular flexibility index (Phi) is 4.34. The van der Waals surface area contributed by atoms with Crippen LogP contribution in [0.3, 0.4) is 0 Å². The summed E-state index contributed by atoms with van der Waals surface area (Å²) in [5.41, 5.74) is 7.18. The second-order valence-electron chi connectivity index (χ2n) is 7.51. The fraction of sp³-hybridized carbons (Fsp3) is 0.474. The minimum absolute atomic E-state index is 0.187. The van der Waals surface area contributed by atoms with E-state index in [2.05, 4.69) is 32.4 Å². The molecule has 0 unspecified atom stereocenters. The van der Waals surface area contributed by atoms with Crippen molar-refractivity contribution in [2.45, 2.75) is 39.3 Å². The van der Waals surface area contributed by atoms with Crippen LogP contribution in [0.15, 0.2) is 17.2 Å². The van der Waals surface area contributed by atoms with E-state index in [4.69, 9.17) is 5.73 Å². The van der Waals surface area contributed by atoms with Crippen LogP contribution in [0.1, 0.15) is 41.4 Å². The van der Waals surface area contributed by atoms with Crippen molar-refractivity contribution in [3.63, 3.8) is 0 Å². The first-order chi connectivity index (χ1) is 13.4. The van der Waals surface area contributed by atoms with Gasteiger partial charge in [-0.25, -0.2) is 9.97 Å². The Balaban J connectivity index is 1.80. The Morgan fingerprint density at radius 3 is 2.64 bits per heavy atom. The molecule has 0 radical (unpaired) electrons. The number of rotatable bonds is 3. The van der Waals surface area contributed by atoms with Crippen LogP contribution in [0.2, 0.25) is 0 Å². The summed E-state index contributed by atoms with van der Waals surface area (Å²) in [6.07, 6.45) is 2.75. The summed E-state index contributed by atoms with van der Waals surface area (Å²) in [5, 5.41) is 6.19. The SMILES string of the molecule is CCN1CCC2(CC1)NC(=O)c1c(C)cc(Nc3ncnc(N)c3C)c(=O)n12. The third kappa shape index (κ3) is 2.73. The standard InChI is InChI=1S/C19H25N7O2/c1-4-25-7-5-19(6-8-25)24-17(27)14-11(2)9-13(18(28)26(14)19)23-16-12(3)15(20)21-10-22-16/h9-10H,4-8H2,1-3H3,(H,24,27)(H3,20,21,22,23). The van der Waals surface area contributed by atoms with Crippen molar-refractivity contribution in [3.05, 3.63) is 39.6 Å². The molecule has 9 nitrogen and oxygen atoms in total. The van der Waals surface area contributed by atoms with Gasteiger partial charge in [0, 0.05) is 31.5 Å². The van der Waals surface area contributed by atoms with Crippen molar-refractivity contribution in [2.24, 2.45) is 0 Å². The van der Waals surface area contributed by atoms with Gasteiger partial charge in [-0.05, 0) is 32.0 Å². The van der Waals surface area contributed by atoms with Gasteiger partial charge in [0.05, 0.1) is 0 Å². The number of likely N-dealkylation sites (tertiary alicyclic amines) is 1. The molecule has 4 rings (SSSR count). The fourth-order valence-electron chi connectivity index (χ4n) is 4.16. The van der Waals surface area contributed by atoms with Crippen LogP contribution in [0.4, 0.5) is 17.3 Å². The molecule has 1 spiro atoms. The minimum Gasteiger partial charge on any atom is -0.383 e. The highest BCUT2D eigenvalue weighted by Gasteiger charge is 2.46. The number of amides is 1. The summed E-state index contributed by atoms with van der Waals surface area (Å²) in [7, 11) is 0. The number of aromatic nitrogens is 3. The number of hydrogen-bond donors (Lipinski definition) is 3. The molecule has 9 heteroatoms. The average Bonchev–Trinajstić information content (AvgIpc) is 2.96. The van der Waals surface area contributed by atoms with E-state index in [0.717, 1.165) is 25.2 Å². The molecule has 1 fully saturated rings. The largest absolute Gasteiger partial charge is 0.383 e. The van der Waals surface area contributed by atoms with Crippen molar-refractivity contribution in [1.29, 1.82) is 0 Å². The number of piperidine rings is 1. The number of nitrogen functional groups attached to an aromatic ring is 1. The second-order valence-corrected chi connectivity index (χ2v) is 7.51. The molecule has 0 bridgehead atoms. The fourth-order valence-corrected chi connectivity index (χ4v) is 4.16. The lowest BCUT2D eigenvalue weighted by atomic mass is 9.97. The van der Waals surface area contributed by atoms with E-state index < -0.39 is 5.66 Å². The molecule has 0 atom stereocenters. The van der Waals surface area contributed by atoms with E-state index in [-0.39, 0.29) is 11.5 Å². The number of nitrogens with zero attached hydrogens (tertiary/aromatic N) is 4. The summed E-state index contributed by atoms with van der Waals surface area (Å²) in [6, 6.07) is 1.70. The number of carbonyl (C=O) groups excluding carboxylic acids is 1. The molecule has 4 N–H and O–H groups in total. The zero-order valence-electron chi connectivity index (χ0n) is 16.4. The van der Waals surface area contributed by atoms with E-state index in [1.807, 2.05) is 6.92 Å². The summed E-state index contributed by atoms with van der Waals surface area (Å²) >= 11 is 0. The van der Waals surface area contributed by atoms with Gasteiger partial charge in [0.2, 0.25) is 0 Å². The smallest absolute Gasteiger partial charge is 0.276 e. The molecule has 0 aliphatic carbocycles. The maximum atomic E-state index is 13.4. The maximum Gasteiger partial charge on any atom is 0.276 e. The van der Waals surface area contributed by atoms with Crippen LogP contribution in [0, 0.1) is 13.8 Å². The van der Waals surface area contributed by atoms with Gasteiger partial charge < -0.3 is 21.3 Å². The Bertz CT molecular complexity index is 1010. The number of pyridine rings is 1. The zero-order valence-corrected chi connectivity index (χ0v) is 16.4. The van der Waals surface area contributed by atoms with Crippen LogP contribution in [-0.2, 0) is 5.66 Å². The van der Waals surface area contributed by atoms with Gasteiger partial charge in [0.15, 0.2) is 0 Å². The topological polar surface area (TPSA) is 118 Å². The number of carbonyl (C=O) groups is 1. The quantitative estimate of drug-likeness (QED) is 0.726. The lowest BCUT2D eigenvalue weighted by Crippen LogP contribution is -2.54. The summed E-state index contributed by atoms with van der Waals surface area (Å²) in [6.45, 7) is 8.38. The molecular formula is C19H25N7O2. The van der Waals surface area contributed by atoms with Crippen molar-refractivity contribution < 1.29 is 4.79 Å². The summed E-state index contributed by atoms with van der Waals surface area (Å²) in [4.78, 5) is 36.6. The van der Waals surface area contributed by atoms with E-state index in [9.17, 15) is 9.59 Å². The van der Waals surface area contributed by atoms with Crippen LogP contribution in [-0.4, -0.2) is 45.0 Å². The van der Waals surface area contributed by atoms with Gasteiger partial charge in [-0.2, -0.15) is 0 Å². The molecule has 2 aliphatic rings. The highest BCUT2D eigenvalue weighted by atomic mass is 16.2. The van der Waals surface area contributed by atoms with Gasteiger partial charge in [-0.15, -0.1) is 0 Å². The first-order valence-electron chi connectivity index (χ1n) is 9.52. The Hall–Kier alpha value is -2.94. The van der Waals surface area contributed by atoms with E-state index in [0.29, 0.717) is 41.4 Å². The van der Waals surface area contributed by atoms with E-state index >= 15 is 0 Å². The number of nitrogens with two attached hydrogens (primary N) is 1. The highest BCUT2D eigenvalue weighted by Crippen LogP contribution is 2.34. The predicted octanol–water partition coefficient (Wildman–Crippen LogP) is 1.09. The van der Waals surface area contributed by atoms with E-state index in [1.54, 1.807) is 17.6 Å². The number of anilines is 3. The second kappa shape index (κ2) is 6.59. The molecule has 2 aromatic heterocycles. The highest BCUT2D eigenvalue weighted by molar-refractivity contribution is 5.97. The predicted molar refractivity (Wildman–Crippen MR) is 107 cm³/mol. The van der Waals surface area contributed by atoms with Crippen molar-refractivity contribution >= 4 is 23.2 Å². The lowest BCUT2D eigenvalue weighted by Gasteiger charge is -2.40. The van der Waals surface area contributed by atoms with Gasteiger partial charge in [0.1, 0.15) is 35.0 Å². The Labute approximate surface area is 163 Å². The summed E-state index contributed by atoms with van der Waals surface area (Å²) in [5.74, 6) is 0.654. The van der Waals surface area contributed by atoms with Crippen molar-refractivity contribution in [2.75, 3.05) is 30.7 Å². The van der Waals surface area contributed by atoms with E-state index in [1.165, 1.54) is 6.33 Å². The first kappa shape index (κ1) is 18.4. The first-order valence-corrected chi connectivity index (χ1v) is 9.52. The third-order valence-corrected chi connectivity index (χ3v) is 5.89. The van der Waals surface area contributed by atoms with Crippen LogP contribution in [0.5, 0.6) is 0 Å². The number of hydrogen-bond acceptors (Lipinski definition) is 7. The Morgan fingerprint density at radius 2 is 1.96 bits per heavy atom. The normalized spacial score (nSPS) is 18.2. The van der Waals surface area contributed by atoms with Gasteiger partial charge in [-0.1, -0.05) is 6.92 Å².